The number of hydrogen-bond donors (Lipinski definition) is 1. The van der Waals surface area contributed by atoms with Crippen LogP contribution < -0.4 is 5.32 Å². The predicted molar refractivity (Wildman–Crippen MR) is 90.5 cm³/mol. The van der Waals surface area contributed by atoms with Gasteiger partial charge in [0.1, 0.15) is 5.69 Å². The number of nitrogens with one attached hydrogen (secondary N) is 1. The molecule has 0 saturated carbocycles. The Morgan fingerprint density at radius 3 is 2.76 bits per heavy atom. The van der Waals surface area contributed by atoms with Gasteiger partial charge < -0.3 is 14.6 Å². The fraction of sp³-hybridized carbons (Fsp3) is 0.250. The number of aromatic nitrogens is 1. The molecule has 132 valence electrons. The summed E-state index contributed by atoms with van der Waals surface area (Å²) in [5, 5.41) is 13.9. The number of amides is 1. The van der Waals surface area contributed by atoms with Gasteiger partial charge in [0.2, 0.25) is 0 Å². The smallest absolute Gasteiger partial charge is 0.355 e. The maximum absolute atomic E-state index is 11.9. The third-order valence-electron chi connectivity index (χ3n) is 3.37. The number of hydrogen-bond acceptors (Lipinski definition) is 5. The second-order valence-electron chi connectivity index (χ2n) is 5.26. The molecule has 0 bridgehead atoms. The number of esters is 1. The summed E-state index contributed by atoms with van der Waals surface area (Å²) in [6, 6.07) is 8.37. The van der Waals surface area contributed by atoms with Gasteiger partial charge in [0, 0.05) is 24.7 Å². The van der Waals surface area contributed by atoms with Crippen LogP contribution in [0.3, 0.4) is 0 Å². The van der Waals surface area contributed by atoms with Crippen LogP contribution in [0.25, 0.3) is 0 Å². The quantitative estimate of drug-likeness (QED) is 0.459. The third-order valence-corrected chi connectivity index (χ3v) is 3.60. The Hall–Kier alpha value is -2.87. The molecule has 8 nitrogen and oxygen atoms in total. The van der Waals surface area contributed by atoms with Crippen molar-refractivity contribution in [3.05, 3.63) is 62.9 Å². The van der Waals surface area contributed by atoms with Crippen molar-refractivity contribution in [3.63, 3.8) is 0 Å². The zero-order valence-electron chi connectivity index (χ0n) is 13.4. The van der Waals surface area contributed by atoms with Gasteiger partial charge in [-0.2, -0.15) is 0 Å². The lowest BCUT2D eigenvalue weighted by atomic mass is 10.1. The fourth-order valence-electron chi connectivity index (χ4n) is 2.14. The van der Waals surface area contributed by atoms with Crippen molar-refractivity contribution in [2.45, 2.75) is 6.42 Å². The molecule has 0 spiro atoms. The van der Waals surface area contributed by atoms with Gasteiger partial charge in [0.25, 0.3) is 11.6 Å². The average molecular weight is 366 g/mol. The van der Waals surface area contributed by atoms with E-state index in [-0.39, 0.29) is 11.4 Å². The number of ether oxygens (including phenoxy) is 1. The summed E-state index contributed by atoms with van der Waals surface area (Å²) in [5.41, 5.74) is 0.750. The molecule has 2 rings (SSSR count). The molecule has 9 heteroatoms. The molecule has 1 heterocycles. The minimum absolute atomic E-state index is 0.00146. The van der Waals surface area contributed by atoms with Gasteiger partial charge in [0.05, 0.1) is 11.1 Å². The Labute approximate surface area is 148 Å². The highest BCUT2D eigenvalue weighted by Crippen LogP contribution is 2.16. The predicted octanol–water partition coefficient (Wildman–Crippen LogP) is 2.10. The highest BCUT2D eigenvalue weighted by Gasteiger charge is 2.19. The van der Waals surface area contributed by atoms with E-state index >= 15 is 0 Å². The maximum Gasteiger partial charge on any atom is 0.355 e. The van der Waals surface area contributed by atoms with E-state index in [0.29, 0.717) is 18.0 Å². The van der Waals surface area contributed by atoms with E-state index in [2.05, 4.69) is 5.32 Å². The Kier molecular flexibility index (Phi) is 6.13. The summed E-state index contributed by atoms with van der Waals surface area (Å²) in [6.45, 7) is -0.0975. The minimum Gasteiger partial charge on any atom is -0.451 e. The van der Waals surface area contributed by atoms with E-state index in [1.54, 1.807) is 12.1 Å². The number of nitrogens with zero attached hydrogens (tertiary/aromatic N) is 2. The molecule has 1 aromatic carbocycles. The maximum atomic E-state index is 11.9. The number of aryl methyl sites for hydroxylation is 1. The molecule has 0 atom stereocenters. The summed E-state index contributed by atoms with van der Waals surface area (Å²) < 4.78 is 6.15. The summed E-state index contributed by atoms with van der Waals surface area (Å²) in [6.07, 6.45) is 1.78. The molecule has 0 radical (unpaired) electrons. The van der Waals surface area contributed by atoms with Gasteiger partial charge in [-0.05, 0) is 24.1 Å². The topological polar surface area (TPSA) is 103 Å². The molecule has 0 aliphatic heterocycles. The van der Waals surface area contributed by atoms with Gasteiger partial charge in [-0.1, -0.05) is 23.7 Å². The number of carbonyl (C=O) groups excluding carboxylic acids is 2. The van der Waals surface area contributed by atoms with E-state index in [1.165, 1.54) is 17.8 Å². The molecule has 0 fully saturated rings. The van der Waals surface area contributed by atoms with Gasteiger partial charge in [-0.25, -0.2) is 4.79 Å². The second kappa shape index (κ2) is 8.29. The van der Waals surface area contributed by atoms with Crippen LogP contribution in [0.2, 0.25) is 5.02 Å². The van der Waals surface area contributed by atoms with Crippen molar-refractivity contribution in [3.8, 4) is 0 Å². The van der Waals surface area contributed by atoms with Crippen molar-refractivity contribution in [1.82, 2.24) is 9.88 Å². The molecular formula is C16H16ClN3O5. The first kappa shape index (κ1) is 18.5. The molecule has 1 N–H and O–H groups in total. The summed E-state index contributed by atoms with van der Waals surface area (Å²) in [7, 11) is 1.48. The van der Waals surface area contributed by atoms with Crippen molar-refractivity contribution >= 4 is 29.2 Å². The summed E-state index contributed by atoms with van der Waals surface area (Å²) in [5.74, 6) is -1.26. The molecular weight excluding hydrogens is 350 g/mol. The van der Waals surface area contributed by atoms with Gasteiger partial charge >= 0.3 is 5.97 Å². The largest absolute Gasteiger partial charge is 0.451 e. The monoisotopic (exact) mass is 365 g/mol. The van der Waals surface area contributed by atoms with Gasteiger partial charge in [0.15, 0.2) is 6.61 Å². The van der Waals surface area contributed by atoms with E-state index in [9.17, 15) is 19.7 Å². The summed E-state index contributed by atoms with van der Waals surface area (Å²) in [4.78, 5) is 33.7. The van der Waals surface area contributed by atoms with E-state index < -0.39 is 23.4 Å². The lowest BCUT2D eigenvalue weighted by Crippen LogP contribution is -2.30. The van der Waals surface area contributed by atoms with Crippen molar-refractivity contribution < 1.29 is 19.2 Å². The first-order chi connectivity index (χ1) is 11.9. The van der Waals surface area contributed by atoms with E-state index in [1.807, 2.05) is 12.1 Å². The Morgan fingerprint density at radius 1 is 1.36 bits per heavy atom. The molecule has 0 aliphatic carbocycles. The van der Waals surface area contributed by atoms with Crippen LogP contribution >= 0.6 is 11.6 Å². The lowest BCUT2D eigenvalue weighted by molar-refractivity contribution is -0.384. The van der Waals surface area contributed by atoms with Crippen LogP contribution in [0.15, 0.2) is 36.5 Å². The van der Waals surface area contributed by atoms with Gasteiger partial charge in [-0.3, -0.25) is 14.9 Å². The molecule has 1 aromatic heterocycles. The first-order valence-corrected chi connectivity index (χ1v) is 7.73. The Morgan fingerprint density at radius 2 is 2.12 bits per heavy atom. The standard InChI is InChI=1S/C16H16ClN3O5/c1-19-9-13(20(23)24)8-14(19)16(22)25-10-15(21)18-6-5-11-3-2-4-12(17)7-11/h2-4,7-9H,5-6,10H2,1H3,(H,18,21). The molecule has 0 saturated heterocycles. The Balaban J connectivity index is 1.77. The van der Waals surface area contributed by atoms with E-state index in [0.717, 1.165) is 11.6 Å². The SMILES string of the molecule is Cn1cc([N+](=O)[O-])cc1C(=O)OCC(=O)NCCc1cccc(Cl)c1. The number of carbonyl (C=O) groups is 2. The Bertz CT molecular complexity index is 803. The highest BCUT2D eigenvalue weighted by atomic mass is 35.5. The first-order valence-electron chi connectivity index (χ1n) is 7.36. The number of rotatable bonds is 7. The fourth-order valence-corrected chi connectivity index (χ4v) is 2.36. The van der Waals surface area contributed by atoms with Crippen LogP contribution in [0.1, 0.15) is 16.1 Å². The zero-order valence-corrected chi connectivity index (χ0v) is 14.2. The van der Waals surface area contributed by atoms with E-state index in [4.69, 9.17) is 16.3 Å². The zero-order chi connectivity index (χ0) is 18.4. The number of nitro groups is 1. The number of halogens is 1. The van der Waals surface area contributed by atoms with Gasteiger partial charge in [-0.15, -0.1) is 0 Å². The van der Waals surface area contributed by atoms with Crippen LogP contribution in [-0.4, -0.2) is 34.5 Å². The highest BCUT2D eigenvalue weighted by molar-refractivity contribution is 6.30. The van der Waals surface area contributed by atoms with Crippen molar-refractivity contribution in [2.24, 2.45) is 7.05 Å². The average Bonchev–Trinajstić information content (AvgIpc) is 2.95. The van der Waals surface area contributed by atoms with Crippen LogP contribution in [0.4, 0.5) is 5.69 Å². The number of benzene rings is 1. The molecule has 1 amide bonds. The lowest BCUT2D eigenvalue weighted by Gasteiger charge is -2.07. The van der Waals surface area contributed by atoms with Crippen molar-refractivity contribution in [1.29, 1.82) is 0 Å². The molecule has 25 heavy (non-hydrogen) atoms. The minimum atomic E-state index is -0.805. The normalized spacial score (nSPS) is 10.3. The summed E-state index contributed by atoms with van der Waals surface area (Å²) >= 11 is 5.87. The van der Waals surface area contributed by atoms with Crippen LogP contribution in [0.5, 0.6) is 0 Å². The molecule has 0 aliphatic rings. The van der Waals surface area contributed by atoms with Crippen LogP contribution in [0, 0.1) is 10.1 Å². The van der Waals surface area contributed by atoms with Crippen molar-refractivity contribution in [2.75, 3.05) is 13.2 Å². The second-order valence-corrected chi connectivity index (χ2v) is 5.69. The third kappa shape index (κ3) is 5.32. The molecule has 2 aromatic rings. The molecule has 0 unspecified atom stereocenters. The van der Waals surface area contributed by atoms with Crippen LogP contribution in [-0.2, 0) is 23.0 Å².